The first-order valence-electron chi connectivity index (χ1n) is 5.72. The average molecular weight is 356 g/mol. The van der Waals surface area contributed by atoms with E-state index in [1.54, 1.807) is 4.90 Å². The predicted molar refractivity (Wildman–Crippen MR) is 76.1 cm³/mol. The number of piperazine rings is 1. The van der Waals surface area contributed by atoms with Gasteiger partial charge in [-0.2, -0.15) is 13.2 Å². The fourth-order valence-corrected chi connectivity index (χ4v) is 2.28. The van der Waals surface area contributed by atoms with E-state index in [-0.39, 0.29) is 35.8 Å². The van der Waals surface area contributed by atoms with Crippen molar-refractivity contribution in [3.8, 4) is 0 Å². The molecule has 9 heteroatoms. The van der Waals surface area contributed by atoms with Crippen LogP contribution < -0.4 is 5.32 Å². The molecule has 0 bridgehead atoms. The van der Waals surface area contributed by atoms with Crippen LogP contribution in [-0.2, 0) is 0 Å². The minimum Gasteiger partial charge on any atom is -0.448 e. The molecule has 1 fully saturated rings. The van der Waals surface area contributed by atoms with Crippen molar-refractivity contribution < 1.29 is 17.6 Å². The monoisotopic (exact) mass is 354 g/mol. The van der Waals surface area contributed by atoms with Gasteiger partial charge in [-0.15, -0.1) is 24.8 Å². The van der Waals surface area contributed by atoms with Crippen LogP contribution in [0.4, 0.5) is 13.2 Å². The van der Waals surface area contributed by atoms with E-state index in [2.05, 4.69) is 5.32 Å². The molecule has 0 amide bonds. The largest absolute Gasteiger partial charge is 0.448 e. The van der Waals surface area contributed by atoms with Crippen molar-refractivity contribution in [2.75, 3.05) is 26.2 Å². The molecule has 0 saturated carbocycles. The lowest BCUT2D eigenvalue weighted by Crippen LogP contribution is -2.46. The summed E-state index contributed by atoms with van der Waals surface area (Å²) in [4.78, 5) is 1.78. The number of halogens is 6. The number of nitrogens with zero attached hydrogens (tertiary/aromatic N) is 1. The molecule has 118 valence electrons. The first kappa shape index (κ1) is 19.9. The maximum Gasteiger partial charge on any atom is 0.391 e. The van der Waals surface area contributed by atoms with E-state index in [0.29, 0.717) is 26.2 Å². The third-order valence-electron chi connectivity index (χ3n) is 2.94. The molecule has 1 aromatic heterocycles. The normalized spacial score (nSPS) is 18.0. The Hall–Kier alpha value is -0.140. The summed E-state index contributed by atoms with van der Waals surface area (Å²) in [5, 5.41) is 3.23. The third-order valence-corrected chi connectivity index (χ3v) is 3.14. The molecule has 20 heavy (non-hydrogen) atoms. The van der Waals surface area contributed by atoms with Gasteiger partial charge in [0.05, 0.1) is 12.5 Å². The summed E-state index contributed by atoms with van der Waals surface area (Å²) in [5.74, 6) is 0.277. The zero-order chi connectivity index (χ0) is 13.2. The molecule has 1 N–H and O–H groups in total. The minimum absolute atomic E-state index is 0. The molecule has 0 aliphatic carbocycles. The van der Waals surface area contributed by atoms with Gasteiger partial charge in [-0.3, -0.25) is 4.90 Å². The summed E-state index contributed by atoms with van der Waals surface area (Å²) >= 11 is 5.64. The van der Waals surface area contributed by atoms with Gasteiger partial charge >= 0.3 is 6.18 Å². The van der Waals surface area contributed by atoms with E-state index in [0.717, 1.165) is 0 Å². The molecule has 0 unspecified atom stereocenters. The molecular weight excluding hydrogens is 339 g/mol. The van der Waals surface area contributed by atoms with E-state index in [4.69, 9.17) is 16.0 Å². The average Bonchev–Trinajstić information content (AvgIpc) is 2.73. The van der Waals surface area contributed by atoms with Crippen LogP contribution in [0, 0.1) is 0 Å². The van der Waals surface area contributed by atoms with Gasteiger partial charge in [-0.1, -0.05) is 0 Å². The molecule has 1 aliphatic heterocycles. The highest BCUT2D eigenvalue weighted by Crippen LogP contribution is 2.35. The highest BCUT2D eigenvalue weighted by molar-refractivity contribution is 6.28. The number of furan rings is 1. The van der Waals surface area contributed by atoms with Gasteiger partial charge in [0.25, 0.3) is 0 Å². The summed E-state index contributed by atoms with van der Waals surface area (Å²) in [5.41, 5.74) is 0. The third kappa shape index (κ3) is 5.69. The molecule has 1 atom stereocenters. The second-order valence-corrected chi connectivity index (χ2v) is 4.64. The van der Waals surface area contributed by atoms with Crippen LogP contribution in [0.2, 0.25) is 5.22 Å². The first-order chi connectivity index (χ1) is 8.46. The number of rotatable bonds is 3. The molecule has 2 heterocycles. The van der Waals surface area contributed by atoms with Crippen LogP contribution in [0.5, 0.6) is 0 Å². The molecule has 1 aliphatic rings. The second kappa shape index (κ2) is 8.34. The maximum atomic E-state index is 12.6. The fraction of sp³-hybridized carbons (Fsp3) is 0.636. The fourth-order valence-electron chi connectivity index (χ4n) is 2.13. The zero-order valence-corrected chi connectivity index (χ0v) is 12.8. The van der Waals surface area contributed by atoms with Crippen LogP contribution in [0.3, 0.4) is 0 Å². The van der Waals surface area contributed by atoms with E-state index < -0.39 is 18.6 Å². The van der Waals surface area contributed by atoms with Crippen molar-refractivity contribution in [3.05, 3.63) is 23.1 Å². The Kier molecular flexibility index (Phi) is 8.28. The summed E-state index contributed by atoms with van der Waals surface area (Å²) in [6.45, 7) is 2.50. The molecule has 1 aromatic rings. The van der Waals surface area contributed by atoms with Gasteiger partial charge in [0.2, 0.25) is 0 Å². The summed E-state index contributed by atoms with van der Waals surface area (Å²) in [6, 6.07) is 2.20. The summed E-state index contributed by atoms with van der Waals surface area (Å²) in [7, 11) is 0. The molecule has 0 radical (unpaired) electrons. The number of nitrogens with one attached hydrogen (secondary N) is 1. The van der Waals surface area contributed by atoms with Gasteiger partial charge in [0.1, 0.15) is 5.76 Å². The summed E-state index contributed by atoms with van der Waals surface area (Å²) < 4.78 is 43.1. The lowest BCUT2D eigenvalue weighted by Gasteiger charge is -2.34. The Bertz CT molecular complexity index is 395. The quantitative estimate of drug-likeness (QED) is 0.896. The van der Waals surface area contributed by atoms with E-state index in [9.17, 15) is 13.2 Å². The Morgan fingerprint density at radius 1 is 1.25 bits per heavy atom. The van der Waals surface area contributed by atoms with E-state index in [1.807, 2.05) is 0 Å². The van der Waals surface area contributed by atoms with E-state index in [1.165, 1.54) is 12.1 Å². The topological polar surface area (TPSA) is 28.4 Å². The van der Waals surface area contributed by atoms with Gasteiger partial charge < -0.3 is 9.73 Å². The Labute approximate surface area is 132 Å². The lowest BCUT2D eigenvalue weighted by atomic mass is 10.1. The Balaban J connectivity index is 0.00000180. The van der Waals surface area contributed by atoms with Crippen molar-refractivity contribution >= 4 is 36.4 Å². The predicted octanol–water partition coefficient (Wildman–Crippen LogP) is 3.68. The first-order valence-corrected chi connectivity index (χ1v) is 6.10. The Morgan fingerprint density at radius 3 is 2.30 bits per heavy atom. The van der Waals surface area contributed by atoms with Gasteiger partial charge in [-0.25, -0.2) is 0 Å². The van der Waals surface area contributed by atoms with Crippen LogP contribution in [0.15, 0.2) is 16.5 Å². The second-order valence-electron chi connectivity index (χ2n) is 4.26. The standard InChI is InChI=1S/C11H14ClF3N2O.2ClH/c12-10-2-1-9(18-10)8(7-11(13,14)15)17-5-3-16-4-6-17;;/h1-2,8,16H,3-7H2;2*1H/t8-;;/m0../s1. The zero-order valence-electron chi connectivity index (χ0n) is 10.5. The van der Waals surface area contributed by atoms with Gasteiger partial charge in [-0.05, 0) is 23.7 Å². The molecule has 3 nitrogen and oxygen atoms in total. The minimum atomic E-state index is -4.23. The smallest absolute Gasteiger partial charge is 0.391 e. The van der Waals surface area contributed by atoms with Crippen LogP contribution in [0.1, 0.15) is 18.2 Å². The van der Waals surface area contributed by atoms with Crippen molar-refractivity contribution in [2.24, 2.45) is 0 Å². The highest BCUT2D eigenvalue weighted by atomic mass is 35.5. The highest BCUT2D eigenvalue weighted by Gasteiger charge is 2.37. The molecule has 0 aromatic carbocycles. The van der Waals surface area contributed by atoms with Gasteiger partial charge in [0, 0.05) is 26.2 Å². The Morgan fingerprint density at radius 2 is 1.85 bits per heavy atom. The molecule has 2 rings (SSSR count). The van der Waals surface area contributed by atoms with E-state index >= 15 is 0 Å². The molecule has 1 saturated heterocycles. The van der Waals surface area contributed by atoms with Crippen LogP contribution in [0.25, 0.3) is 0 Å². The van der Waals surface area contributed by atoms with Crippen molar-refractivity contribution in [2.45, 2.75) is 18.6 Å². The number of hydrogen-bond acceptors (Lipinski definition) is 3. The maximum absolute atomic E-state index is 12.6. The van der Waals surface area contributed by atoms with Crippen molar-refractivity contribution in [1.82, 2.24) is 10.2 Å². The van der Waals surface area contributed by atoms with Crippen molar-refractivity contribution in [1.29, 1.82) is 0 Å². The SMILES string of the molecule is Cl.Cl.FC(F)(F)C[C@@H](c1ccc(Cl)o1)N1CCNCC1. The van der Waals surface area contributed by atoms with Crippen LogP contribution >= 0.6 is 36.4 Å². The molecular formula is C11H16Cl3F3N2O. The van der Waals surface area contributed by atoms with Crippen molar-refractivity contribution in [3.63, 3.8) is 0 Å². The number of hydrogen-bond donors (Lipinski definition) is 1. The van der Waals surface area contributed by atoms with Crippen LogP contribution in [-0.4, -0.2) is 37.3 Å². The lowest BCUT2D eigenvalue weighted by molar-refractivity contribution is -0.150. The molecule has 0 spiro atoms. The number of alkyl halides is 3. The summed E-state index contributed by atoms with van der Waals surface area (Å²) in [6.07, 6.45) is -5.15. The van der Waals surface area contributed by atoms with Gasteiger partial charge in [0.15, 0.2) is 5.22 Å².